The van der Waals surface area contributed by atoms with Gasteiger partial charge in [-0.2, -0.15) is 0 Å². The molecule has 0 radical (unpaired) electrons. The third kappa shape index (κ3) is 5.50. The molecule has 0 aromatic heterocycles. The molecule has 0 unspecified atom stereocenters. The van der Waals surface area contributed by atoms with Gasteiger partial charge in [0.25, 0.3) is 0 Å². The second-order valence-corrected chi connectivity index (χ2v) is 16.3. The minimum atomic E-state index is -2.19. The topological polar surface area (TPSA) is 82.1 Å². The van der Waals surface area contributed by atoms with Gasteiger partial charge in [0.15, 0.2) is 8.32 Å². The zero-order valence-electron chi connectivity index (χ0n) is 22.5. The Kier molecular flexibility index (Phi) is 7.62. The van der Waals surface area contributed by atoms with Gasteiger partial charge in [0.2, 0.25) is 5.91 Å². The molecule has 2 aromatic carbocycles. The van der Waals surface area contributed by atoms with Crippen LogP contribution in [-0.4, -0.2) is 56.0 Å². The molecule has 2 aromatic rings. The lowest BCUT2D eigenvalue weighted by Crippen LogP contribution is -2.51. The first-order chi connectivity index (χ1) is 17.4. The van der Waals surface area contributed by atoms with Crippen molar-refractivity contribution in [3.63, 3.8) is 0 Å². The van der Waals surface area contributed by atoms with Gasteiger partial charge in [0, 0.05) is 5.92 Å². The van der Waals surface area contributed by atoms with Gasteiger partial charge in [0.05, 0.1) is 24.5 Å². The fourth-order valence-electron chi connectivity index (χ4n) is 5.01. The average molecular weight is 524 g/mol. The first kappa shape index (κ1) is 27.1. The maximum atomic E-state index is 14.0. The highest BCUT2D eigenvalue weighted by Gasteiger charge is 2.52. The Hall–Kier alpha value is -2.97. The van der Waals surface area contributed by atoms with Crippen LogP contribution >= 0.6 is 0 Å². The Bertz CT molecular complexity index is 1090. The Labute approximate surface area is 220 Å². The SMILES string of the molecule is C[C@@H](O[Si](C)(C)C(C)(C)C)[C@@H]1OC(=O)C[C@H]1C(=O)N1C(=O)OC[C@H]1C(c1ccccc1)c1ccccc1. The maximum Gasteiger partial charge on any atom is 0.417 e. The summed E-state index contributed by atoms with van der Waals surface area (Å²) in [7, 11) is -2.19. The van der Waals surface area contributed by atoms with E-state index in [-0.39, 0.29) is 24.0 Å². The van der Waals surface area contributed by atoms with Crippen LogP contribution in [-0.2, 0) is 23.5 Å². The van der Waals surface area contributed by atoms with E-state index in [4.69, 9.17) is 13.9 Å². The van der Waals surface area contributed by atoms with E-state index in [1.165, 1.54) is 4.90 Å². The number of hydrogen-bond acceptors (Lipinski definition) is 6. The first-order valence-corrected chi connectivity index (χ1v) is 15.8. The van der Waals surface area contributed by atoms with Crippen LogP contribution in [0.25, 0.3) is 0 Å². The quantitative estimate of drug-likeness (QED) is 0.352. The number of imide groups is 1. The van der Waals surface area contributed by atoms with Gasteiger partial charge in [0.1, 0.15) is 12.7 Å². The predicted molar refractivity (Wildman–Crippen MR) is 142 cm³/mol. The van der Waals surface area contributed by atoms with Gasteiger partial charge in [-0.05, 0) is 36.2 Å². The average Bonchev–Trinajstić information content (AvgIpc) is 3.42. The number of carbonyl (C=O) groups is 3. The summed E-state index contributed by atoms with van der Waals surface area (Å²) >= 11 is 0. The number of hydrogen-bond donors (Lipinski definition) is 0. The molecule has 4 rings (SSSR count). The van der Waals surface area contributed by atoms with Gasteiger partial charge in [-0.15, -0.1) is 0 Å². The van der Waals surface area contributed by atoms with E-state index in [1.54, 1.807) is 0 Å². The second kappa shape index (κ2) is 10.4. The number of rotatable bonds is 7. The fraction of sp³-hybridized carbons (Fsp3) is 0.483. The van der Waals surface area contributed by atoms with Crippen molar-refractivity contribution in [2.24, 2.45) is 5.92 Å². The summed E-state index contributed by atoms with van der Waals surface area (Å²) in [5.74, 6) is -2.02. The third-order valence-corrected chi connectivity index (χ3v) is 12.5. The molecule has 198 valence electrons. The molecule has 37 heavy (non-hydrogen) atoms. The smallest absolute Gasteiger partial charge is 0.417 e. The molecule has 0 aliphatic carbocycles. The van der Waals surface area contributed by atoms with Crippen molar-refractivity contribution in [3.8, 4) is 0 Å². The summed E-state index contributed by atoms with van der Waals surface area (Å²) < 4.78 is 17.6. The lowest BCUT2D eigenvalue weighted by Gasteiger charge is -2.40. The molecule has 7 nitrogen and oxygen atoms in total. The molecule has 0 spiro atoms. The van der Waals surface area contributed by atoms with Crippen LogP contribution in [0.4, 0.5) is 4.79 Å². The third-order valence-electron chi connectivity index (χ3n) is 7.96. The predicted octanol–water partition coefficient (Wildman–Crippen LogP) is 5.51. The van der Waals surface area contributed by atoms with Crippen molar-refractivity contribution in [2.45, 2.75) is 76.4 Å². The highest BCUT2D eigenvalue weighted by Crippen LogP contribution is 2.40. The number of amides is 2. The molecule has 4 atom stereocenters. The van der Waals surface area contributed by atoms with Crippen molar-refractivity contribution in [1.82, 2.24) is 4.90 Å². The van der Waals surface area contributed by atoms with Crippen LogP contribution in [0, 0.1) is 5.92 Å². The van der Waals surface area contributed by atoms with Gasteiger partial charge in [-0.1, -0.05) is 81.4 Å². The molecule has 2 amide bonds. The molecular formula is C29H37NO6Si. The Morgan fingerprint density at radius 1 is 1.00 bits per heavy atom. The minimum Gasteiger partial charge on any atom is -0.459 e. The number of cyclic esters (lactones) is 2. The van der Waals surface area contributed by atoms with E-state index >= 15 is 0 Å². The summed E-state index contributed by atoms with van der Waals surface area (Å²) in [5.41, 5.74) is 1.94. The summed E-state index contributed by atoms with van der Waals surface area (Å²) in [6.07, 6.45) is -2.04. The van der Waals surface area contributed by atoms with E-state index in [9.17, 15) is 14.4 Å². The molecule has 2 saturated heterocycles. The maximum absolute atomic E-state index is 14.0. The van der Waals surface area contributed by atoms with Crippen LogP contribution in [0.1, 0.15) is 51.2 Å². The zero-order valence-corrected chi connectivity index (χ0v) is 23.5. The molecule has 2 aliphatic rings. The van der Waals surface area contributed by atoms with Crippen LogP contribution in [0.2, 0.25) is 18.1 Å². The highest BCUT2D eigenvalue weighted by molar-refractivity contribution is 6.74. The van der Waals surface area contributed by atoms with Gasteiger partial charge in [-0.3, -0.25) is 9.59 Å². The minimum absolute atomic E-state index is 0.0498. The Balaban J connectivity index is 1.65. The van der Waals surface area contributed by atoms with E-state index in [2.05, 4.69) is 33.9 Å². The molecular weight excluding hydrogens is 486 g/mol. The van der Waals surface area contributed by atoms with Gasteiger partial charge < -0.3 is 13.9 Å². The Morgan fingerprint density at radius 3 is 2.05 bits per heavy atom. The van der Waals surface area contributed by atoms with E-state index in [0.29, 0.717) is 0 Å². The monoisotopic (exact) mass is 523 g/mol. The molecule has 2 heterocycles. The number of nitrogens with zero attached hydrogens (tertiary/aromatic N) is 1. The standard InChI is InChI=1S/C29H37NO6Si/c1-19(36-37(5,6)29(2,3)4)26-22(17-24(31)35-26)27(32)30-23(18-34-28(30)33)25(20-13-9-7-10-14-20)21-15-11-8-12-16-21/h7-16,19,22-23,25-26H,17-18H2,1-6H3/t19-,22-,23+,26+/m1/s1. The van der Waals surface area contributed by atoms with E-state index < -0.39 is 50.5 Å². The zero-order chi connectivity index (χ0) is 27.0. The first-order valence-electron chi connectivity index (χ1n) is 12.9. The van der Waals surface area contributed by atoms with E-state index in [1.807, 2.05) is 67.6 Å². The normalized spacial score (nSPS) is 23.2. The van der Waals surface area contributed by atoms with Gasteiger partial charge >= 0.3 is 12.1 Å². The van der Waals surface area contributed by atoms with Crippen LogP contribution in [0.5, 0.6) is 0 Å². The van der Waals surface area contributed by atoms with Crippen molar-refractivity contribution in [1.29, 1.82) is 0 Å². The number of carbonyl (C=O) groups excluding carboxylic acids is 3. The lowest BCUT2D eigenvalue weighted by atomic mass is 9.84. The van der Waals surface area contributed by atoms with Crippen molar-refractivity contribution < 1.29 is 28.3 Å². The number of esters is 1. The molecule has 0 N–H and O–H groups in total. The largest absolute Gasteiger partial charge is 0.459 e. The van der Waals surface area contributed by atoms with Crippen LogP contribution in [0.15, 0.2) is 60.7 Å². The van der Waals surface area contributed by atoms with Crippen molar-refractivity contribution >= 4 is 26.3 Å². The Morgan fingerprint density at radius 2 is 1.54 bits per heavy atom. The van der Waals surface area contributed by atoms with Crippen molar-refractivity contribution in [2.75, 3.05) is 6.61 Å². The summed E-state index contributed by atoms with van der Waals surface area (Å²) in [4.78, 5) is 40.7. The van der Waals surface area contributed by atoms with Crippen LogP contribution in [0.3, 0.4) is 0 Å². The molecule has 2 aliphatic heterocycles. The summed E-state index contributed by atoms with van der Waals surface area (Å²) in [5, 5.41) is -0.0498. The fourth-order valence-corrected chi connectivity index (χ4v) is 6.43. The molecule has 0 bridgehead atoms. The van der Waals surface area contributed by atoms with E-state index in [0.717, 1.165) is 11.1 Å². The molecule has 8 heteroatoms. The summed E-state index contributed by atoms with van der Waals surface area (Å²) in [6.45, 7) is 12.6. The highest BCUT2D eigenvalue weighted by atomic mass is 28.4. The molecule has 2 fully saturated rings. The second-order valence-electron chi connectivity index (χ2n) is 11.5. The lowest BCUT2D eigenvalue weighted by molar-refractivity contribution is -0.146. The van der Waals surface area contributed by atoms with Gasteiger partial charge in [-0.25, -0.2) is 9.69 Å². The summed E-state index contributed by atoms with van der Waals surface area (Å²) in [6, 6.07) is 19.0. The van der Waals surface area contributed by atoms with Crippen LogP contribution < -0.4 is 0 Å². The van der Waals surface area contributed by atoms with Crippen molar-refractivity contribution in [3.05, 3.63) is 71.8 Å². The molecule has 0 saturated carbocycles. The number of benzene rings is 2. The number of ether oxygens (including phenoxy) is 2.